The molecular weight excluding hydrogens is 342 g/mol. The summed E-state index contributed by atoms with van der Waals surface area (Å²) in [6.07, 6.45) is 3.02. The minimum atomic E-state index is -0.486. The van der Waals surface area contributed by atoms with Gasteiger partial charge in [-0.05, 0) is 42.4 Å². The Kier molecular flexibility index (Phi) is 4.99. The highest BCUT2D eigenvalue weighted by atomic mass is 32.2. The molecule has 3 aromatic rings. The minimum Gasteiger partial charge on any atom is -0.618 e. The van der Waals surface area contributed by atoms with Gasteiger partial charge in [0.15, 0.2) is 6.20 Å². The van der Waals surface area contributed by atoms with Crippen molar-refractivity contribution in [3.8, 4) is 0 Å². The standard InChI is InChI=1S/C17H15N3O4S/c1-12-5-7-19-14(8-12)18-13(9-15(19)21)10-24-17(22)11-25-16-4-2-3-6-20(16)23/h2-9H,10-11H2,1H3. The molecule has 3 aromatic heterocycles. The van der Waals surface area contributed by atoms with Crippen LogP contribution in [0.5, 0.6) is 0 Å². The van der Waals surface area contributed by atoms with E-state index in [4.69, 9.17) is 4.74 Å². The van der Waals surface area contributed by atoms with Gasteiger partial charge in [-0.3, -0.25) is 14.0 Å². The Hall–Kier alpha value is -2.87. The number of carbonyl (C=O) groups excluding carboxylic acids is 1. The summed E-state index contributed by atoms with van der Waals surface area (Å²) in [5.74, 6) is -0.488. The van der Waals surface area contributed by atoms with Crippen LogP contribution in [0.15, 0.2) is 58.6 Å². The van der Waals surface area contributed by atoms with Crippen molar-refractivity contribution in [3.63, 3.8) is 0 Å². The van der Waals surface area contributed by atoms with Crippen molar-refractivity contribution in [1.29, 1.82) is 0 Å². The number of pyridine rings is 2. The molecule has 3 rings (SSSR count). The normalized spacial score (nSPS) is 10.8. The second-order valence-electron chi connectivity index (χ2n) is 5.33. The highest BCUT2D eigenvalue weighted by Gasteiger charge is 2.11. The van der Waals surface area contributed by atoms with Gasteiger partial charge < -0.3 is 9.94 Å². The molecule has 0 aliphatic heterocycles. The Morgan fingerprint density at radius 3 is 3.00 bits per heavy atom. The van der Waals surface area contributed by atoms with Crippen molar-refractivity contribution in [1.82, 2.24) is 9.38 Å². The monoisotopic (exact) mass is 357 g/mol. The fourth-order valence-electron chi connectivity index (χ4n) is 2.18. The van der Waals surface area contributed by atoms with Crippen molar-refractivity contribution in [2.75, 3.05) is 5.75 Å². The molecule has 0 unspecified atom stereocenters. The lowest BCUT2D eigenvalue weighted by molar-refractivity contribution is -0.645. The average Bonchev–Trinajstić information content (AvgIpc) is 2.59. The average molecular weight is 357 g/mol. The highest BCUT2D eigenvalue weighted by Crippen LogP contribution is 2.13. The summed E-state index contributed by atoms with van der Waals surface area (Å²) in [6, 6.07) is 9.89. The van der Waals surface area contributed by atoms with E-state index in [0.29, 0.717) is 21.1 Å². The molecule has 0 bridgehead atoms. The zero-order chi connectivity index (χ0) is 17.8. The Morgan fingerprint density at radius 2 is 2.20 bits per heavy atom. The first-order valence-corrected chi connectivity index (χ1v) is 8.47. The van der Waals surface area contributed by atoms with E-state index in [0.717, 1.165) is 17.3 Å². The van der Waals surface area contributed by atoms with Crippen LogP contribution in [-0.4, -0.2) is 21.1 Å². The zero-order valence-corrected chi connectivity index (χ0v) is 14.2. The largest absolute Gasteiger partial charge is 0.618 e. The van der Waals surface area contributed by atoms with E-state index in [2.05, 4.69) is 4.98 Å². The van der Waals surface area contributed by atoms with Gasteiger partial charge in [0.25, 0.3) is 10.6 Å². The number of esters is 1. The molecule has 0 aromatic carbocycles. The highest BCUT2D eigenvalue weighted by molar-refractivity contribution is 7.99. The van der Waals surface area contributed by atoms with Crippen molar-refractivity contribution in [2.45, 2.75) is 18.6 Å². The third-order valence-electron chi connectivity index (χ3n) is 3.38. The molecule has 0 saturated carbocycles. The Morgan fingerprint density at radius 1 is 1.36 bits per heavy atom. The third-order valence-corrected chi connectivity index (χ3v) is 4.38. The number of fused-ring (bicyclic) bond motifs is 1. The number of rotatable bonds is 5. The molecule has 8 heteroatoms. The van der Waals surface area contributed by atoms with Crippen molar-refractivity contribution < 1.29 is 14.3 Å². The van der Waals surface area contributed by atoms with Crippen LogP contribution < -0.4 is 10.3 Å². The number of nitrogens with zero attached hydrogens (tertiary/aromatic N) is 3. The maximum absolute atomic E-state index is 12.0. The van der Waals surface area contributed by atoms with Crippen LogP contribution in [0.2, 0.25) is 0 Å². The predicted molar refractivity (Wildman–Crippen MR) is 92.1 cm³/mol. The summed E-state index contributed by atoms with van der Waals surface area (Å²) in [7, 11) is 0. The quantitative estimate of drug-likeness (QED) is 0.297. The summed E-state index contributed by atoms with van der Waals surface area (Å²) >= 11 is 1.09. The van der Waals surface area contributed by atoms with E-state index < -0.39 is 5.97 Å². The van der Waals surface area contributed by atoms with Gasteiger partial charge in [-0.2, -0.15) is 4.73 Å². The van der Waals surface area contributed by atoms with E-state index in [-0.39, 0.29) is 17.9 Å². The Bertz CT molecular complexity index is 987. The Balaban J connectivity index is 1.63. The lowest BCUT2D eigenvalue weighted by Crippen LogP contribution is -2.28. The van der Waals surface area contributed by atoms with Crippen LogP contribution >= 0.6 is 11.8 Å². The lowest BCUT2D eigenvalue weighted by atomic mass is 10.3. The van der Waals surface area contributed by atoms with Crippen LogP contribution in [0, 0.1) is 12.1 Å². The minimum absolute atomic E-state index is 0.00206. The van der Waals surface area contributed by atoms with Crippen molar-refractivity contribution >= 4 is 23.4 Å². The van der Waals surface area contributed by atoms with Gasteiger partial charge in [-0.15, -0.1) is 0 Å². The van der Waals surface area contributed by atoms with E-state index in [9.17, 15) is 14.8 Å². The summed E-state index contributed by atoms with van der Waals surface area (Å²) in [6.45, 7) is 1.81. The molecule has 0 atom stereocenters. The van der Waals surface area contributed by atoms with Crippen molar-refractivity contribution in [2.24, 2.45) is 0 Å². The predicted octanol–water partition coefficient (Wildman–Crippen LogP) is 1.47. The number of aryl methyl sites for hydroxylation is 1. The van der Waals surface area contributed by atoms with E-state index in [1.54, 1.807) is 30.5 Å². The molecule has 7 nitrogen and oxygen atoms in total. The van der Waals surface area contributed by atoms with Crippen LogP contribution in [0.4, 0.5) is 0 Å². The number of thioether (sulfide) groups is 1. The molecule has 0 fully saturated rings. The smallest absolute Gasteiger partial charge is 0.316 e. The van der Waals surface area contributed by atoms with Crippen LogP contribution in [0.1, 0.15) is 11.3 Å². The van der Waals surface area contributed by atoms with Gasteiger partial charge in [0.2, 0.25) is 0 Å². The number of aromatic nitrogens is 3. The van der Waals surface area contributed by atoms with Gasteiger partial charge in [-0.25, -0.2) is 4.98 Å². The van der Waals surface area contributed by atoms with Crippen LogP contribution in [0.25, 0.3) is 5.65 Å². The number of hydrogen-bond acceptors (Lipinski definition) is 6. The van der Waals surface area contributed by atoms with E-state index in [1.165, 1.54) is 16.7 Å². The summed E-state index contributed by atoms with van der Waals surface area (Å²) in [5, 5.41) is 11.9. The molecular formula is C17H15N3O4S. The van der Waals surface area contributed by atoms with Crippen LogP contribution in [-0.2, 0) is 16.1 Å². The first kappa shape index (κ1) is 17.0. The number of ether oxygens (including phenoxy) is 1. The fraction of sp³-hybridized carbons (Fsp3) is 0.176. The number of hydrogen-bond donors (Lipinski definition) is 0. The Labute approximate surface area is 147 Å². The van der Waals surface area contributed by atoms with Gasteiger partial charge in [0.1, 0.15) is 18.0 Å². The topological polar surface area (TPSA) is 87.6 Å². The number of carbonyl (C=O) groups is 1. The molecule has 0 amide bonds. The first-order valence-electron chi connectivity index (χ1n) is 7.48. The zero-order valence-electron chi connectivity index (χ0n) is 13.4. The van der Waals surface area contributed by atoms with Crippen LogP contribution in [0.3, 0.4) is 0 Å². The summed E-state index contributed by atoms with van der Waals surface area (Å²) < 4.78 is 7.26. The molecule has 0 N–H and O–H groups in total. The molecule has 0 aliphatic carbocycles. The second-order valence-corrected chi connectivity index (χ2v) is 6.33. The molecule has 25 heavy (non-hydrogen) atoms. The maximum Gasteiger partial charge on any atom is 0.316 e. The summed E-state index contributed by atoms with van der Waals surface area (Å²) in [4.78, 5) is 28.2. The first-order chi connectivity index (χ1) is 12.0. The maximum atomic E-state index is 12.0. The molecule has 0 spiro atoms. The molecule has 0 radical (unpaired) electrons. The van der Waals surface area contributed by atoms with Gasteiger partial charge in [-0.1, -0.05) is 0 Å². The van der Waals surface area contributed by atoms with Gasteiger partial charge in [0.05, 0.1) is 5.69 Å². The molecule has 0 aliphatic rings. The molecule has 128 valence electrons. The fourth-order valence-corrected chi connectivity index (χ4v) is 2.89. The van der Waals surface area contributed by atoms with Gasteiger partial charge >= 0.3 is 5.97 Å². The van der Waals surface area contributed by atoms with E-state index in [1.807, 2.05) is 13.0 Å². The summed E-state index contributed by atoms with van der Waals surface area (Å²) in [5.41, 5.74) is 1.63. The van der Waals surface area contributed by atoms with Crippen molar-refractivity contribution in [3.05, 3.63) is 75.6 Å². The molecule has 0 saturated heterocycles. The van der Waals surface area contributed by atoms with E-state index >= 15 is 0 Å². The lowest BCUT2D eigenvalue weighted by Gasteiger charge is -2.06. The molecule has 3 heterocycles. The second kappa shape index (κ2) is 7.35. The third kappa shape index (κ3) is 4.16. The van der Waals surface area contributed by atoms with Gasteiger partial charge in [0, 0.05) is 24.4 Å². The SMILES string of the molecule is Cc1ccn2c(=O)cc(COC(=O)CSc3cccc[n+]3[O-])nc2c1.